The van der Waals surface area contributed by atoms with Crippen molar-refractivity contribution >= 4 is 26.7 Å². The number of sulfone groups is 1. The molecule has 0 aliphatic carbocycles. The maximum atomic E-state index is 12.1. The summed E-state index contributed by atoms with van der Waals surface area (Å²) >= 11 is 0. The predicted octanol–water partition coefficient (Wildman–Crippen LogP) is 7.28. The summed E-state index contributed by atoms with van der Waals surface area (Å²) in [7, 11) is -3.34. The van der Waals surface area contributed by atoms with Crippen LogP contribution in [0, 0.1) is 0 Å². The Morgan fingerprint density at radius 3 is 2.11 bits per heavy atom. The molecule has 5 aromatic rings. The average molecular weight is 743 g/mol. The summed E-state index contributed by atoms with van der Waals surface area (Å²) in [6.45, 7) is 7.31. The van der Waals surface area contributed by atoms with Gasteiger partial charge >= 0.3 is 6.09 Å². The molecule has 0 radical (unpaired) electrons. The number of hydrogen-bond acceptors (Lipinski definition) is 9. The zero-order valence-electron chi connectivity index (χ0n) is 30.0. The van der Waals surface area contributed by atoms with E-state index >= 15 is 0 Å². The molecule has 280 valence electrons. The van der Waals surface area contributed by atoms with Crippen molar-refractivity contribution < 1.29 is 42.0 Å². The molecule has 0 saturated carbocycles. The molecule has 1 amide bonds. The van der Waals surface area contributed by atoms with Crippen molar-refractivity contribution in [1.82, 2.24) is 10.2 Å². The normalized spacial score (nSPS) is 11.5. The average Bonchev–Trinajstić information content (AvgIpc) is 3.16. The Labute approximate surface area is 310 Å². The van der Waals surface area contributed by atoms with Gasteiger partial charge in [0.05, 0.1) is 31.3 Å². The van der Waals surface area contributed by atoms with Crippen LogP contribution >= 0.6 is 0 Å². The number of amides is 1. The number of rotatable bonds is 21. The van der Waals surface area contributed by atoms with Crippen LogP contribution in [0.15, 0.2) is 114 Å². The summed E-state index contributed by atoms with van der Waals surface area (Å²) < 4.78 is 54.0. The van der Waals surface area contributed by atoms with E-state index in [4.69, 9.17) is 28.8 Å². The fourth-order valence-electron chi connectivity index (χ4n) is 5.52. The van der Waals surface area contributed by atoms with Crippen molar-refractivity contribution in [2.45, 2.75) is 18.4 Å². The first-order chi connectivity index (χ1) is 25.7. The zero-order chi connectivity index (χ0) is 37.5. The van der Waals surface area contributed by atoms with Gasteiger partial charge in [-0.15, -0.1) is 0 Å². The first kappa shape index (κ1) is 39.1. The molecule has 0 atom stereocenters. The van der Waals surface area contributed by atoms with Crippen LogP contribution in [0.25, 0.3) is 21.9 Å². The van der Waals surface area contributed by atoms with E-state index in [1.54, 1.807) is 24.3 Å². The lowest BCUT2D eigenvalue weighted by atomic mass is 9.99. The highest BCUT2D eigenvalue weighted by molar-refractivity contribution is 7.90. The molecule has 11 nitrogen and oxygen atoms in total. The number of carboxylic acid groups (broad SMARTS) is 1. The van der Waals surface area contributed by atoms with Crippen LogP contribution in [0.5, 0.6) is 23.0 Å². The van der Waals surface area contributed by atoms with Crippen LogP contribution in [-0.4, -0.2) is 90.0 Å². The van der Waals surface area contributed by atoms with Gasteiger partial charge in [0.25, 0.3) is 0 Å². The predicted molar refractivity (Wildman–Crippen MR) is 205 cm³/mol. The first-order valence-electron chi connectivity index (χ1n) is 17.5. The van der Waals surface area contributed by atoms with E-state index in [1.165, 1.54) is 6.26 Å². The van der Waals surface area contributed by atoms with E-state index in [1.807, 2.05) is 84.9 Å². The van der Waals surface area contributed by atoms with Crippen LogP contribution in [0.1, 0.15) is 12.5 Å². The summed E-state index contributed by atoms with van der Waals surface area (Å²) in [5.41, 5.74) is 2.72. The van der Waals surface area contributed by atoms with Crippen molar-refractivity contribution in [2.75, 3.05) is 65.5 Å². The lowest BCUT2D eigenvalue weighted by Gasteiger charge is -2.20. The molecular weight excluding hydrogens is 697 g/mol. The van der Waals surface area contributed by atoms with E-state index in [0.717, 1.165) is 52.8 Å². The molecule has 0 aromatic heterocycles. The summed E-state index contributed by atoms with van der Waals surface area (Å²) in [4.78, 5) is 12.9. The highest BCUT2D eigenvalue weighted by Crippen LogP contribution is 2.41. The Morgan fingerprint density at radius 1 is 0.736 bits per heavy atom. The number of benzene rings is 5. The van der Waals surface area contributed by atoms with Gasteiger partial charge in [-0.2, -0.15) is 0 Å². The van der Waals surface area contributed by atoms with Gasteiger partial charge in [-0.1, -0.05) is 55.5 Å². The highest BCUT2D eigenvalue weighted by Gasteiger charge is 2.15. The van der Waals surface area contributed by atoms with Gasteiger partial charge in [0.2, 0.25) is 0 Å². The number of carbonyl (C=O) groups is 1. The summed E-state index contributed by atoms with van der Waals surface area (Å²) in [6, 6.07) is 34.2. The Balaban J connectivity index is 1.21. The van der Waals surface area contributed by atoms with E-state index in [2.05, 4.69) is 17.1 Å². The maximum absolute atomic E-state index is 12.1. The van der Waals surface area contributed by atoms with Crippen LogP contribution in [0.2, 0.25) is 0 Å². The maximum Gasteiger partial charge on any atom is 0.404 e. The molecule has 0 unspecified atom stereocenters. The molecule has 0 aliphatic heterocycles. The third-order valence-electron chi connectivity index (χ3n) is 8.40. The Bertz CT molecular complexity index is 2010. The standard InChI is InChI=1S/C41H46N2O9S/c1-3-43(22-25-49-28-27-48-24-21-42-41(44)45)23-26-50-34-12-14-35(15-13-34)52-40-38(32-9-17-37(18-10-32)53(2,46)47)19-11-33-29-36(16-20-39(33)40)51-30-31-7-5-4-6-8-31/h4-20,29,42H,3,21-28,30H2,1-2H3,(H,44,45). The quantitative estimate of drug-likeness (QED) is 0.0740. The molecule has 0 saturated heterocycles. The van der Waals surface area contributed by atoms with Crippen LogP contribution in [0.3, 0.4) is 0 Å². The SMILES string of the molecule is CCN(CCOCCOCCNC(=O)O)CCOc1ccc(Oc2c(-c3ccc(S(C)(=O)=O)cc3)ccc3cc(OCc4ccccc4)ccc23)cc1. The Hall–Kier alpha value is -5.14. The number of ether oxygens (including phenoxy) is 5. The van der Waals surface area contributed by atoms with Gasteiger partial charge in [-0.05, 0) is 83.7 Å². The molecule has 53 heavy (non-hydrogen) atoms. The van der Waals surface area contributed by atoms with Gasteiger partial charge in [0.1, 0.15) is 36.2 Å². The molecule has 5 aromatic carbocycles. The zero-order valence-corrected chi connectivity index (χ0v) is 30.8. The summed E-state index contributed by atoms with van der Waals surface area (Å²) in [6.07, 6.45) is 0.131. The molecule has 0 spiro atoms. The van der Waals surface area contributed by atoms with Gasteiger partial charge in [0.15, 0.2) is 9.84 Å². The molecule has 0 aliphatic rings. The largest absolute Gasteiger partial charge is 0.492 e. The monoisotopic (exact) mass is 742 g/mol. The fraction of sp³-hybridized carbons (Fsp3) is 0.293. The lowest BCUT2D eigenvalue weighted by molar-refractivity contribution is 0.0388. The number of likely N-dealkylation sites (N-methyl/N-ethyl adjacent to an activating group) is 1. The highest BCUT2D eigenvalue weighted by atomic mass is 32.2. The van der Waals surface area contributed by atoms with Crippen LogP contribution in [0.4, 0.5) is 4.79 Å². The summed E-state index contributed by atoms with van der Waals surface area (Å²) in [5, 5.41) is 12.6. The molecule has 0 heterocycles. The van der Waals surface area contributed by atoms with Gasteiger partial charge in [-0.25, -0.2) is 13.2 Å². The summed E-state index contributed by atoms with van der Waals surface area (Å²) in [5.74, 6) is 2.72. The molecule has 0 bridgehead atoms. The number of hydrogen-bond donors (Lipinski definition) is 2. The van der Waals surface area contributed by atoms with Gasteiger partial charge in [-0.3, -0.25) is 4.90 Å². The number of nitrogens with zero attached hydrogens (tertiary/aromatic N) is 1. The second-order valence-electron chi connectivity index (χ2n) is 12.2. The molecule has 0 fully saturated rings. The minimum atomic E-state index is -3.34. The van der Waals surface area contributed by atoms with Crippen LogP contribution in [-0.2, 0) is 25.9 Å². The van der Waals surface area contributed by atoms with Gasteiger partial charge in [0, 0.05) is 36.8 Å². The van der Waals surface area contributed by atoms with Crippen molar-refractivity contribution in [3.63, 3.8) is 0 Å². The van der Waals surface area contributed by atoms with Crippen molar-refractivity contribution in [3.05, 3.63) is 115 Å². The number of nitrogens with one attached hydrogen (secondary N) is 1. The molecular formula is C41H46N2O9S. The third kappa shape index (κ3) is 12.2. The van der Waals surface area contributed by atoms with Crippen molar-refractivity contribution in [1.29, 1.82) is 0 Å². The van der Waals surface area contributed by atoms with Crippen molar-refractivity contribution in [3.8, 4) is 34.1 Å². The third-order valence-corrected chi connectivity index (χ3v) is 9.53. The van der Waals surface area contributed by atoms with E-state index in [-0.39, 0.29) is 11.4 Å². The Morgan fingerprint density at radius 2 is 1.42 bits per heavy atom. The Kier molecular flexibility index (Phi) is 14.5. The first-order valence-corrected chi connectivity index (χ1v) is 19.4. The van der Waals surface area contributed by atoms with Crippen LogP contribution < -0.4 is 19.5 Å². The second kappa shape index (κ2) is 19.6. The second-order valence-corrected chi connectivity index (χ2v) is 14.2. The molecule has 2 N–H and O–H groups in total. The topological polar surface area (TPSA) is 133 Å². The smallest absolute Gasteiger partial charge is 0.404 e. The van der Waals surface area contributed by atoms with E-state index in [9.17, 15) is 13.2 Å². The minimum Gasteiger partial charge on any atom is -0.492 e. The van der Waals surface area contributed by atoms with Crippen molar-refractivity contribution in [2.24, 2.45) is 0 Å². The van der Waals surface area contributed by atoms with E-state index < -0.39 is 15.9 Å². The molecule has 12 heteroatoms. The lowest BCUT2D eigenvalue weighted by Crippen LogP contribution is -2.31. The van der Waals surface area contributed by atoms with E-state index in [0.29, 0.717) is 56.9 Å². The number of fused-ring (bicyclic) bond motifs is 1. The van der Waals surface area contributed by atoms with Gasteiger partial charge < -0.3 is 34.1 Å². The minimum absolute atomic E-state index is 0.248. The fourth-order valence-corrected chi connectivity index (χ4v) is 6.15. The molecule has 5 rings (SSSR count).